The van der Waals surface area contributed by atoms with Crippen LogP contribution < -0.4 is 5.73 Å². The Hall–Kier alpha value is -3.17. The second-order valence-corrected chi connectivity index (χ2v) is 8.27. The van der Waals surface area contributed by atoms with Crippen molar-refractivity contribution < 1.29 is 4.39 Å². The lowest BCUT2D eigenvalue weighted by molar-refractivity contribution is 0.319. The first-order valence-corrected chi connectivity index (χ1v) is 10.6. The van der Waals surface area contributed by atoms with E-state index in [9.17, 15) is 4.39 Å². The molecule has 1 aliphatic heterocycles. The summed E-state index contributed by atoms with van der Waals surface area (Å²) in [4.78, 5) is 21.0. The zero-order valence-corrected chi connectivity index (χ0v) is 17.0. The maximum Gasteiger partial charge on any atom is 0.220 e. The van der Waals surface area contributed by atoms with Crippen molar-refractivity contribution in [3.63, 3.8) is 0 Å². The average Bonchev–Trinajstić information content (AvgIpc) is 3.49. The van der Waals surface area contributed by atoms with E-state index >= 15 is 0 Å². The zero-order valence-electron chi connectivity index (χ0n) is 16.1. The van der Waals surface area contributed by atoms with Crippen LogP contribution in [0.1, 0.15) is 17.3 Å². The van der Waals surface area contributed by atoms with Crippen LogP contribution in [0.5, 0.6) is 0 Å². The molecular weight excluding hydrogens is 401 g/mol. The summed E-state index contributed by atoms with van der Waals surface area (Å²) >= 11 is 1.68. The van der Waals surface area contributed by atoms with E-state index in [0.29, 0.717) is 5.69 Å². The van der Waals surface area contributed by atoms with Gasteiger partial charge in [0.1, 0.15) is 5.82 Å². The number of aromatic nitrogens is 5. The Morgan fingerprint density at radius 3 is 2.80 bits per heavy atom. The lowest BCUT2D eigenvalue weighted by Crippen LogP contribution is -2.21. The lowest BCUT2D eigenvalue weighted by atomic mass is 10.1. The molecular formula is C21H20FN7S. The van der Waals surface area contributed by atoms with E-state index in [4.69, 9.17) is 5.73 Å². The molecule has 1 aromatic carbocycles. The van der Waals surface area contributed by atoms with Gasteiger partial charge < -0.3 is 10.3 Å². The Balaban J connectivity index is 1.51. The van der Waals surface area contributed by atoms with Gasteiger partial charge in [-0.2, -0.15) is 0 Å². The quantitative estimate of drug-likeness (QED) is 0.530. The molecule has 4 heterocycles. The number of hydrogen-bond acceptors (Lipinski definition) is 7. The molecule has 30 heavy (non-hydrogen) atoms. The first-order valence-electron chi connectivity index (χ1n) is 9.69. The van der Waals surface area contributed by atoms with Gasteiger partial charge in [0, 0.05) is 48.5 Å². The van der Waals surface area contributed by atoms with Gasteiger partial charge in [-0.15, -0.1) is 11.3 Å². The molecule has 0 bridgehead atoms. The Kier molecular flexibility index (Phi) is 4.97. The summed E-state index contributed by atoms with van der Waals surface area (Å²) in [7, 11) is 0. The van der Waals surface area contributed by atoms with Gasteiger partial charge in [0.05, 0.1) is 28.9 Å². The normalized spacial score (nSPS) is 16.9. The van der Waals surface area contributed by atoms with Crippen LogP contribution in [0.15, 0.2) is 54.6 Å². The van der Waals surface area contributed by atoms with Crippen molar-refractivity contribution >= 4 is 17.3 Å². The number of imidazole rings is 1. The first kappa shape index (κ1) is 18.8. The molecule has 1 atom stereocenters. The van der Waals surface area contributed by atoms with Gasteiger partial charge >= 0.3 is 0 Å². The number of anilines is 1. The van der Waals surface area contributed by atoms with Crippen LogP contribution in [-0.2, 0) is 6.54 Å². The van der Waals surface area contributed by atoms with E-state index in [1.165, 1.54) is 17.0 Å². The molecule has 0 aliphatic carbocycles. The first-order chi connectivity index (χ1) is 14.7. The highest BCUT2D eigenvalue weighted by molar-refractivity contribution is 7.09. The van der Waals surface area contributed by atoms with E-state index in [2.05, 4.69) is 29.4 Å². The molecule has 0 radical (unpaired) electrons. The molecule has 4 aromatic rings. The minimum Gasteiger partial charge on any atom is -0.368 e. The second-order valence-electron chi connectivity index (χ2n) is 7.30. The summed E-state index contributed by atoms with van der Waals surface area (Å²) in [5.74, 6) is -0.0657. The van der Waals surface area contributed by atoms with Crippen molar-refractivity contribution in [1.82, 2.24) is 29.4 Å². The topological polar surface area (TPSA) is 85.8 Å². The molecule has 7 nitrogen and oxygen atoms in total. The molecule has 0 saturated carbocycles. The van der Waals surface area contributed by atoms with Crippen LogP contribution in [0.25, 0.3) is 22.6 Å². The fourth-order valence-electron chi connectivity index (χ4n) is 3.94. The summed E-state index contributed by atoms with van der Waals surface area (Å²) < 4.78 is 15.6. The zero-order chi connectivity index (χ0) is 20.5. The molecule has 0 spiro atoms. The monoisotopic (exact) mass is 421 g/mol. The highest BCUT2D eigenvalue weighted by atomic mass is 32.1. The van der Waals surface area contributed by atoms with E-state index in [0.717, 1.165) is 43.0 Å². The number of nitrogens with zero attached hydrogens (tertiary/aromatic N) is 6. The number of nitrogens with two attached hydrogens (primary N) is 1. The van der Waals surface area contributed by atoms with Crippen molar-refractivity contribution in [2.24, 2.45) is 0 Å². The highest BCUT2D eigenvalue weighted by Crippen LogP contribution is 2.35. The van der Waals surface area contributed by atoms with Crippen LogP contribution in [0.2, 0.25) is 0 Å². The van der Waals surface area contributed by atoms with E-state index in [-0.39, 0.29) is 17.8 Å². The Labute approximate surface area is 177 Å². The number of halogens is 1. The van der Waals surface area contributed by atoms with Gasteiger partial charge in [0.2, 0.25) is 5.95 Å². The number of benzene rings is 1. The van der Waals surface area contributed by atoms with Crippen molar-refractivity contribution in [2.75, 3.05) is 18.8 Å². The van der Waals surface area contributed by atoms with Gasteiger partial charge in [0.25, 0.3) is 0 Å². The second kappa shape index (κ2) is 7.92. The third-order valence-corrected chi connectivity index (χ3v) is 6.10. The third kappa shape index (κ3) is 3.69. The molecule has 5 rings (SSSR count). The summed E-state index contributed by atoms with van der Waals surface area (Å²) in [6.45, 7) is 2.80. The van der Waals surface area contributed by atoms with Gasteiger partial charge in [-0.1, -0.05) is 0 Å². The molecule has 152 valence electrons. The number of hydrogen-bond donors (Lipinski definition) is 1. The van der Waals surface area contributed by atoms with Crippen LogP contribution in [0.4, 0.5) is 10.3 Å². The Bertz CT molecular complexity index is 1140. The minimum absolute atomic E-state index is 0.212. The Morgan fingerprint density at radius 2 is 2.03 bits per heavy atom. The van der Waals surface area contributed by atoms with Gasteiger partial charge in [-0.05, 0) is 36.8 Å². The standard InChI is InChI=1S/C21H20FN7S/c22-15-3-1-14(2-4-15)19-20(18-5-7-25-21(23)27-18)29(12-26-19)16-6-8-28(10-16)11-17-9-24-13-30-17/h1-5,7,9,12-13,16H,6,8,10-11H2,(H2,23,25,27). The Morgan fingerprint density at radius 1 is 1.17 bits per heavy atom. The van der Waals surface area contributed by atoms with Crippen molar-refractivity contribution in [2.45, 2.75) is 19.0 Å². The predicted molar refractivity (Wildman–Crippen MR) is 114 cm³/mol. The summed E-state index contributed by atoms with van der Waals surface area (Å²) in [5, 5.41) is 0. The van der Waals surface area contributed by atoms with E-state index in [1.54, 1.807) is 29.7 Å². The number of thiazole rings is 1. The molecule has 3 aromatic heterocycles. The van der Waals surface area contributed by atoms with Crippen LogP contribution in [-0.4, -0.2) is 42.5 Å². The summed E-state index contributed by atoms with van der Waals surface area (Å²) in [6.07, 6.45) is 6.43. The SMILES string of the molecule is Nc1nccc(-c2c(-c3ccc(F)cc3)ncn2C2CCN(Cc3cncs3)C2)n1. The predicted octanol–water partition coefficient (Wildman–Crippen LogP) is 3.63. The molecule has 2 N–H and O–H groups in total. The molecule has 1 saturated heterocycles. The average molecular weight is 422 g/mol. The van der Waals surface area contributed by atoms with Crippen molar-refractivity contribution in [3.05, 3.63) is 65.3 Å². The van der Waals surface area contributed by atoms with Crippen LogP contribution >= 0.6 is 11.3 Å². The highest BCUT2D eigenvalue weighted by Gasteiger charge is 2.28. The van der Waals surface area contributed by atoms with Crippen LogP contribution in [0.3, 0.4) is 0 Å². The smallest absolute Gasteiger partial charge is 0.220 e. The number of nitrogen functional groups attached to an aromatic ring is 1. The van der Waals surface area contributed by atoms with Gasteiger partial charge in [-0.25, -0.2) is 19.3 Å². The maximum absolute atomic E-state index is 13.5. The van der Waals surface area contributed by atoms with Crippen molar-refractivity contribution in [1.29, 1.82) is 0 Å². The van der Waals surface area contributed by atoms with E-state index in [1.807, 2.05) is 24.1 Å². The van der Waals surface area contributed by atoms with Gasteiger partial charge in [0.15, 0.2) is 0 Å². The molecule has 1 unspecified atom stereocenters. The molecule has 9 heteroatoms. The van der Waals surface area contributed by atoms with Crippen molar-refractivity contribution in [3.8, 4) is 22.6 Å². The fourth-order valence-corrected chi connectivity index (χ4v) is 4.58. The largest absolute Gasteiger partial charge is 0.368 e. The third-order valence-electron chi connectivity index (χ3n) is 5.33. The number of rotatable bonds is 5. The fraction of sp³-hybridized carbons (Fsp3) is 0.238. The maximum atomic E-state index is 13.5. The van der Waals surface area contributed by atoms with E-state index < -0.39 is 0 Å². The lowest BCUT2D eigenvalue weighted by Gasteiger charge is -2.18. The molecule has 1 fully saturated rings. The summed E-state index contributed by atoms with van der Waals surface area (Å²) in [6, 6.07) is 8.45. The molecule has 0 amide bonds. The molecule has 1 aliphatic rings. The van der Waals surface area contributed by atoms with Crippen LogP contribution in [0, 0.1) is 5.82 Å². The minimum atomic E-state index is -0.277. The number of likely N-dealkylation sites (tertiary alicyclic amines) is 1. The summed E-state index contributed by atoms with van der Waals surface area (Å²) in [5.41, 5.74) is 10.9. The van der Waals surface area contributed by atoms with Gasteiger partial charge in [-0.3, -0.25) is 9.88 Å².